The van der Waals surface area contributed by atoms with Gasteiger partial charge in [0.25, 0.3) is 0 Å². The van der Waals surface area contributed by atoms with Crippen LogP contribution in [-0.4, -0.2) is 20.4 Å². The Morgan fingerprint density at radius 2 is 2.07 bits per heavy atom. The predicted octanol–water partition coefficient (Wildman–Crippen LogP) is 3.41. The number of aryl methyl sites for hydroxylation is 1. The lowest BCUT2D eigenvalue weighted by Gasteiger charge is -2.51. The van der Waals surface area contributed by atoms with Crippen LogP contribution in [0.3, 0.4) is 0 Å². The van der Waals surface area contributed by atoms with Crippen LogP contribution in [0, 0.1) is 17.3 Å². The zero-order valence-corrected chi connectivity index (χ0v) is 18.1. The lowest BCUT2D eigenvalue weighted by molar-refractivity contribution is -0.123. The van der Waals surface area contributed by atoms with Gasteiger partial charge in [0.05, 0.1) is 0 Å². The topological polar surface area (TPSA) is 98.5 Å². The molecule has 0 heterocycles. The van der Waals surface area contributed by atoms with Crippen molar-refractivity contribution in [3.63, 3.8) is 0 Å². The highest BCUT2D eigenvalue weighted by molar-refractivity contribution is 7.84. The first-order valence-corrected chi connectivity index (χ1v) is 12.3. The summed E-state index contributed by atoms with van der Waals surface area (Å²) in [5, 5.41) is 8.35. The van der Waals surface area contributed by atoms with Crippen LogP contribution in [0.1, 0.15) is 75.8 Å². The fourth-order valence-corrected chi connectivity index (χ4v) is 6.85. The van der Waals surface area contributed by atoms with Gasteiger partial charge in [-0.15, -0.1) is 0 Å². The van der Waals surface area contributed by atoms with Crippen LogP contribution in [0.4, 0.5) is 0 Å². The Labute approximate surface area is 173 Å². The van der Waals surface area contributed by atoms with Gasteiger partial charge in [-0.3, -0.25) is 4.79 Å². The number of rotatable bonds is 5. The second-order valence-corrected chi connectivity index (χ2v) is 10.5. The molecule has 7 heteroatoms. The molecule has 3 unspecified atom stereocenters. The van der Waals surface area contributed by atoms with Crippen LogP contribution >= 0.6 is 0 Å². The number of nitrogens with one attached hydrogen (secondary N) is 1. The van der Waals surface area contributed by atoms with Gasteiger partial charge in [0.1, 0.15) is 5.75 Å². The van der Waals surface area contributed by atoms with Gasteiger partial charge >= 0.3 is 10.3 Å². The van der Waals surface area contributed by atoms with Crippen LogP contribution in [0.2, 0.25) is 0 Å². The molecule has 0 radical (unpaired) electrons. The highest BCUT2D eigenvalue weighted by Gasteiger charge is 2.55. The number of fused-ring (bicyclic) bond motifs is 5. The molecule has 2 saturated carbocycles. The predicted molar refractivity (Wildman–Crippen MR) is 112 cm³/mol. The van der Waals surface area contributed by atoms with E-state index in [0.717, 1.165) is 38.5 Å². The Bertz CT molecular complexity index is 900. The lowest BCUT2D eigenvalue weighted by atomic mass is 9.55. The smallest absolute Gasteiger partial charge is 0.371 e. The summed E-state index contributed by atoms with van der Waals surface area (Å²) in [6.07, 6.45) is 8.01. The van der Waals surface area contributed by atoms with E-state index < -0.39 is 10.3 Å². The summed E-state index contributed by atoms with van der Waals surface area (Å²) in [7, 11) is -4.00. The molecule has 1 amide bonds. The molecule has 5 atom stereocenters. The van der Waals surface area contributed by atoms with E-state index in [1.165, 1.54) is 17.5 Å². The molecular weight excluding hydrogens is 388 g/mol. The standard InChI is InChI=1S/C22H32N2O4S/c1-3-4-21(25)24-20-10-9-19-18-7-5-14-13-15(28-29(23,26)27)6-8-16(14)17(18)11-12-22(19,20)2/h6,8,13,17-20H,3-5,7,9-12H2,1-2H3,(H,24,25)(H2,23,26,27)/t17?,18?,19?,20-,22-/m0/s1. The zero-order chi connectivity index (χ0) is 20.8. The molecule has 2 fully saturated rings. The van der Waals surface area contributed by atoms with Gasteiger partial charge in [0.15, 0.2) is 0 Å². The van der Waals surface area contributed by atoms with Crippen molar-refractivity contribution in [2.24, 2.45) is 22.4 Å². The lowest BCUT2D eigenvalue weighted by Crippen LogP contribution is -2.50. The number of benzene rings is 1. The van der Waals surface area contributed by atoms with Gasteiger partial charge in [-0.25, -0.2) is 0 Å². The number of carbonyl (C=O) groups excluding carboxylic acids is 1. The van der Waals surface area contributed by atoms with E-state index in [-0.39, 0.29) is 11.3 Å². The third-order valence-electron chi connectivity index (χ3n) is 7.72. The van der Waals surface area contributed by atoms with Crippen LogP contribution < -0.4 is 14.6 Å². The second kappa shape index (κ2) is 7.58. The second-order valence-electron chi connectivity index (χ2n) is 9.34. The summed E-state index contributed by atoms with van der Waals surface area (Å²) in [5.41, 5.74) is 2.70. The van der Waals surface area contributed by atoms with Gasteiger partial charge in [-0.1, -0.05) is 19.9 Å². The Balaban J connectivity index is 1.53. The molecule has 0 spiro atoms. The minimum absolute atomic E-state index is 0.179. The Hall–Kier alpha value is -1.60. The van der Waals surface area contributed by atoms with Crippen molar-refractivity contribution in [1.82, 2.24) is 5.32 Å². The number of nitrogens with two attached hydrogens (primary N) is 1. The van der Waals surface area contributed by atoms with Crippen LogP contribution in [0.15, 0.2) is 18.2 Å². The monoisotopic (exact) mass is 420 g/mol. The highest BCUT2D eigenvalue weighted by atomic mass is 32.2. The number of hydrogen-bond donors (Lipinski definition) is 2. The van der Waals surface area contributed by atoms with Crippen molar-refractivity contribution in [2.45, 2.75) is 77.2 Å². The first-order valence-electron chi connectivity index (χ1n) is 10.9. The number of carbonyl (C=O) groups is 1. The largest absolute Gasteiger partial charge is 0.380 e. The third kappa shape index (κ3) is 3.91. The van der Waals surface area contributed by atoms with Gasteiger partial charge in [-0.2, -0.15) is 13.6 Å². The van der Waals surface area contributed by atoms with Gasteiger partial charge in [0, 0.05) is 12.5 Å². The molecule has 160 valence electrons. The first kappa shape index (κ1) is 20.7. The number of hydrogen-bond acceptors (Lipinski definition) is 4. The number of amides is 1. The van der Waals surface area contributed by atoms with E-state index >= 15 is 0 Å². The molecule has 3 N–H and O–H groups in total. The van der Waals surface area contributed by atoms with E-state index in [9.17, 15) is 13.2 Å². The quantitative estimate of drug-likeness (QED) is 0.762. The average molecular weight is 421 g/mol. The maximum Gasteiger partial charge on any atom is 0.380 e. The molecule has 1 aromatic rings. The van der Waals surface area contributed by atoms with Gasteiger partial charge in [0.2, 0.25) is 5.91 Å². The minimum Gasteiger partial charge on any atom is -0.371 e. The molecule has 3 aliphatic rings. The maximum absolute atomic E-state index is 12.2. The summed E-state index contributed by atoms with van der Waals surface area (Å²) in [4.78, 5) is 12.2. The molecule has 0 bridgehead atoms. The van der Waals surface area contributed by atoms with Crippen LogP contribution in [0.5, 0.6) is 5.75 Å². The molecule has 29 heavy (non-hydrogen) atoms. The summed E-state index contributed by atoms with van der Waals surface area (Å²) in [6.45, 7) is 4.43. The van der Waals surface area contributed by atoms with E-state index in [2.05, 4.69) is 12.2 Å². The van der Waals surface area contributed by atoms with Crippen molar-refractivity contribution in [2.75, 3.05) is 0 Å². The van der Waals surface area contributed by atoms with Gasteiger partial charge < -0.3 is 9.50 Å². The van der Waals surface area contributed by atoms with Crippen molar-refractivity contribution >= 4 is 16.2 Å². The van der Waals surface area contributed by atoms with Crippen molar-refractivity contribution in [1.29, 1.82) is 0 Å². The molecule has 0 saturated heterocycles. The fourth-order valence-electron chi connectivity index (χ4n) is 6.48. The van der Waals surface area contributed by atoms with E-state index in [0.29, 0.717) is 36.0 Å². The van der Waals surface area contributed by atoms with Crippen molar-refractivity contribution in [3.8, 4) is 5.75 Å². The highest BCUT2D eigenvalue weighted by Crippen LogP contribution is 2.61. The average Bonchev–Trinajstić information content (AvgIpc) is 2.96. The minimum atomic E-state index is -4.00. The maximum atomic E-state index is 12.2. The molecule has 6 nitrogen and oxygen atoms in total. The van der Waals surface area contributed by atoms with Crippen molar-refractivity contribution < 1.29 is 17.4 Å². The fraction of sp³-hybridized carbons (Fsp3) is 0.682. The van der Waals surface area contributed by atoms with Crippen molar-refractivity contribution in [3.05, 3.63) is 29.3 Å². The molecule has 3 aliphatic carbocycles. The Morgan fingerprint density at radius 3 is 2.79 bits per heavy atom. The van der Waals surface area contributed by atoms with E-state index in [1.807, 2.05) is 19.1 Å². The summed E-state index contributed by atoms with van der Waals surface area (Å²) < 4.78 is 27.3. The molecular formula is C22H32N2O4S. The van der Waals surface area contributed by atoms with E-state index in [1.54, 1.807) is 6.07 Å². The van der Waals surface area contributed by atoms with Gasteiger partial charge in [-0.05, 0) is 91.4 Å². The van der Waals surface area contributed by atoms with Crippen LogP contribution in [-0.2, 0) is 21.5 Å². The Kier molecular flexibility index (Phi) is 5.40. The summed E-state index contributed by atoms with van der Waals surface area (Å²) in [6, 6.07) is 5.89. The Morgan fingerprint density at radius 1 is 1.28 bits per heavy atom. The summed E-state index contributed by atoms with van der Waals surface area (Å²) >= 11 is 0. The normalized spacial score (nSPS) is 33.3. The molecule has 0 aromatic heterocycles. The first-order chi connectivity index (χ1) is 13.7. The molecule has 1 aromatic carbocycles. The van der Waals surface area contributed by atoms with Crippen LogP contribution in [0.25, 0.3) is 0 Å². The molecule has 4 rings (SSSR count). The van der Waals surface area contributed by atoms with E-state index in [4.69, 9.17) is 9.32 Å². The third-order valence-corrected chi connectivity index (χ3v) is 8.15. The zero-order valence-electron chi connectivity index (χ0n) is 17.3. The molecule has 0 aliphatic heterocycles. The SMILES string of the molecule is CCCC(=O)N[C@H]1CCC2C3CCc4cc(OS(N)(=O)=O)ccc4C3CC[C@@]21C. The summed E-state index contributed by atoms with van der Waals surface area (Å²) in [5.74, 6) is 2.24.